The number of nitrogens with zero attached hydrogens (tertiary/aromatic N) is 7. The second-order valence-electron chi connectivity index (χ2n) is 10.1. The number of piperidine rings is 2. The van der Waals surface area contributed by atoms with Gasteiger partial charge in [-0.3, -0.25) is 0 Å². The van der Waals surface area contributed by atoms with Crippen LogP contribution < -0.4 is 10.6 Å². The maximum Gasteiger partial charge on any atom is 0.419 e. The van der Waals surface area contributed by atoms with E-state index in [4.69, 9.17) is 10.7 Å². The first kappa shape index (κ1) is 26.9. The van der Waals surface area contributed by atoms with Crippen LogP contribution >= 0.6 is 0 Å². The second kappa shape index (κ2) is 11.2. The summed E-state index contributed by atoms with van der Waals surface area (Å²) in [4.78, 5) is 17.4. The van der Waals surface area contributed by atoms with Crippen molar-refractivity contribution < 1.29 is 17.6 Å². The van der Waals surface area contributed by atoms with Crippen LogP contribution in [0.25, 0.3) is 11.3 Å². The molecule has 0 atom stereocenters. The molecule has 0 spiro atoms. The minimum Gasteiger partial charge on any atom is -0.382 e. The van der Waals surface area contributed by atoms with Crippen LogP contribution in [0.4, 0.5) is 29.2 Å². The molecule has 0 unspecified atom stereocenters. The second-order valence-corrected chi connectivity index (χ2v) is 10.1. The molecule has 12 heteroatoms. The lowest BCUT2D eigenvalue weighted by atomic mass is 9.95. The Balaban J connectivity index is 1.41. The van der Waals surface area contributed by atoms with Crippen molar-refractivity contribution in [3.05, 3.63) is 53.5 Å². The van der Waals surface area contributed by atoms with E-state index in [1.54, 1.807) is 6.20 Å². The third-order valence-electron chi connectivity index (χ3n) is 7.61. The number of hydrogen-bond acceptors (Lipinski definition) is 7. The Labute approximate surface area is 224 Å². The Kier molecular flexibility index (Phi) is 7.70. The van der Waals surface area contributed by atoms with E-state index in [1.807, 2.05) is 9.47 Å². The summed E-state index contributed by atoms with van der Waals surface area (Å²) in [6.07, 6.45) is 3.32. The molecule has 3 aromatic rings. The molecule has 2 fully saturated rings. The van der Waals surface area contributed by atoms with Gasteiger partial charge in [-0.2, -0.15) is 18.4 Å². The lowest BCUT2D eigenvalue weighted by Crippen LogP contribution is -2.36. The number of rotatable bonds is 6. The van der Waals surface area contributed by atoms with Gasteiger partial charge in [-0.15, -0.1) is 0 Å². The Morgan fingerprint density at radius 3 is 2.46 bits per heavy atom. The quantitative estimate of drug-likeness (QED) is 0.446. The molecule has 0 bridgehead atoms. The third-order valence-corrected chi connectivity index (χ3v) is 7.61. The van der Waals surface area contributed by atoms with Crippen molar-refractivity contribution in [2.24, 2.45) is 0 Å². The lowest BCUT2D eigenvalue weighted by molar-refractivity contribution is -0.139. The number of hydrogen-bond donors (Lipinski definition) is 1. The lowest BCUT2D eigenvalue weighted by Gasteiger charge is -2.33. The van der Waals surface area contributed by atoms with E-state index >= 15 is 0 Å². The predicted octanol–water partition coefficient (Wildman–Crippen LogP) is 4.82. The smallest absolute Gasteiger partial charge is 0.382 e. The van der Waals surface area contributed by atoms with Crippen LogP contribution in [0.15, 0.2) is 30.7 Å². The molecule has 2 saturated heterocycles. The summed E-state index contributed by atoms with van der Waals surface area (Å²) in [6.45, 7) is 4.77. The van der Waals surface area contributed by atoms with Crippen molar-refractivity contribution in [2.45, 2.75) is 50.7 Å². The van der Waals surface area contributed by atoms with E-state index in [0.717, 1.165) is 50.4 Å². The molecule has 39 heavy (non-hydrogen) atoms. The summed E-state index contributed by atoms with van der Waals surface area (Å²) in [7, 11) is 0. The van der Waals surface area contributed by atoms with Gasteiger partial charge in [-0.1, -0.05) is 6.42 Å². The van der Waals surface area contributed by atoms with Gasteiger partial charge in [0.1, 0.15) is 35.4 Å². The average molecular weight is 543 g/mol. The fraction of sp³-hybridized carbons (Fsp3) is 0.481. The maximum absolute atomic E-state index is 13.9. The maximum atomic E-state index is 13.9. The van der Waals surface area contributed by atoms with Gasteiger partial charge in [0.25, 0.3) is 0 Å². The average Bonchev–Trinajstić information content (AvgIpc) is 3.36. The number of likely N-dealkylation sites (tertiary alicyclic amines) is 1. The Morgan fingerprint density at radius 1 is 1.03 bits per heavy atom. The molecule has 206 valence electrons. The molecule has 2 aromatic heterocycles. The predicted molar refractivity (Wildman–Crippen MR) is 138 cm³/mol. The van der Waals surface area contributed by atoms with Crippen LogP contribution in [0.1, 0.15) is 55.0 Å². The number of benzene rings is 1. The Hall–Kier alpha value is -3.72. The SMILES string of the molecule is N#Cc1c(N)ncnc1N1CCC(c2nc(-c3ccc(F)c(C(F)(F)F)c3)cn2CCN2CCCCC2)CC1. The topological polar surface area (TPSA) is 99.9 Å². The zero-order valence-corrected chi connectivity index (χ0v) is 21.5. The van der Waals surface area contributed by atoms with E-state index in [0.29, 0.717) is 44.0 Å². The van der Waals surface area contributed by atoms with Crippen molar-refractivity contribution in [1.29, 1.82) is 5.26 Å². The van der Waals surface area contributed by atoms with Gasteiger partial charge in [0.15, 0.2) is 5.82 Å². The standard InChI is InChI=1S/C27H30F4N8/c28-22-5-4-19(14-21(22)27(29,30)31)23-16-39(13-12-37-8-2-1-3-9-37)25(36-23)18-6-10-38(11-7-18)26-20(15-32)24(33)34-17-35-26/h4-5,14,16-18H,1-3,6-13H2,(H2,33,34,35). The zero-order chi connectivity index (χ0) is 27.6. The Morgan fingerprint density at radius 2 is 1.77 bits per heavy atom. The largest absolute Gasteiger partial charge is 0.419 e. The van der Waals surface area contributed by atoms with E-state index in [-0.39, 0.29) is 22.9 Å². The molecule has 0 radical (unpaired) electrons. The highest BCUT2D eigenvalue weighted by Gasteiger charge is 2.35. The van der Waals surface area contributed by atoms with Gasteiger partial charge < -0.3 is 20.1 Å². The van der Waals surface area contributed by atoms with Crippen LogP contribution in [-0.2, 0) is 12.7 Å². The number of anilines is 2. The van der Waals surface area contributed by atoms with Gasteiger partial charge >= 0.3 is 6.18 Å². The molecule has 4 heterocycles. The molecule has 0 amide bonds. The van der Waals surface area contributed by atoms with Gasteiger partial charge in [0, 0.05) is 43.9 Å². The highest BCUT2D eigenvalue weighted by atomic mass is 19.4. The van der Waals surface area contributed by atoms with E-state index < -0.39 is 17.6 Å². The Bertz CT molecular complexity index is 1350. The molecule has 2 N–H and O–H groups in total. The van der Waals surface area contributed by atoms with Crippen LogP contribution in [-0.4, -0.2) is 57.1 Å². The van der Waals surface area contributed by atoms with E-state index in [2.05, 4.69) is 20.9 Å². The van der Waals surface area contributed by atoms with Crippen LogP contribution in [0.2, 0.25) is 0 Å². The van der Waals surface area contributed by atoms with Crippen LogP contribution in [0, 0.1) is 17.1 Å². The molecule has 0 aliphatic carbocycles. The highest BCUT2D eigenvalue weighted by Crippen LogP contribution is 2.36. The van der Waals surface area contributed by atoms with E-state index in [9.17, 15) is 22.8 Å². The zero-order valence-electron chi connectivity index (χ0n) is 21.5. The fourth-order valence-corrected chi connectivity index (χ4v) is 5.49. The summed E-state index contributed by atoms with van der Waals surface area (Å²) < 4.78 is 56.2. The number of nitriles is 1. The number of nitrogens with two attached hydrogens (primary N) is 1. The number of aromatic nitrogens is 4. The minimum absolute atomic E-state index is 0.0589. The molecular formula is C27H30F4N8. The summed E-state index contributed by atoms with van der Waals surface area (Å²) in [5, 5.41) is 9.51. The van der Waals surface area contributed by atoms with Gasteiger partial charge in [0.05, 0.1) is 11.3 Å². The van der Waals surface area contributed by atoms with Crippen molar-refractivity contribution >= 4 is 11.6 Å². The summed E-state index contributed by atoms with van der Waals surface area (Å²) in [5.74, 6) is 0.208. The number of alkyl halides is 3. The highest BCUT2D eigenvalue weighted by molar-refractivity contribution is 5.63. The molecule has 2 aliphatic heterocycles. The summed E-state index contributed by atoms with van der Waals surface area (Å²) >= 11 is 0. The molecule has 8 nitrogen and oxygen atoms in total. The van der Waals surface area contributed by atoms with Crippen molar-refractivity contribution in [3.63, 3.8) is 0 Å². The van der Waals surface area contributed by atoms with Gasteiger partial charge in [0.2, 0.25) is 0 Å². The normalized spacial score (nSPS) is 17.4. The van der Waals surface area contributed by atoms with Crippen molar-refractivity contribution in [2.75, 3.05) is 43.4 Å². The first-order valence-corrected chi connectivity index (χ1v) is 13.2. The molecule has 5 rings (SSSR count). The molecule has 2 aliphatic rings. The fourth-order valence-electron chi connectivity index (χ4n) is 5.49. The molecule has 0 saturated carbocycles. The van der Waals surface area contributed by atoms with Crippen LogP contribution in [0.3, 0.4) is 0 Å². The first-order valence-electron chi connectivity index (χ1n) is 13.2. The van der Waals surface area contributed by atoms with Crippen molar-refractivity contribution in [1.82, 2.24) is 24.4 Å². The number of halogens is 4. The number of nitrogen functional groups attached to an aromatic ring is 1. The van der Waals surface area contributed by atoms with E-state index in [1.165, 1.54) is 18.8 Å². The number of imidazole rings is 1. The summed E-state index contributed by atoms with van der Waals surface area (Å²) in [6, 6.07) is 5.11. The molecule has 1 aromatic carbocycles. The van der Waals surface area contributed by atoms with Gasteiger partial charge in [-0.25, -0.2) is 19.3 Å². The minimum atomic E-state index is -4.79. The van der Waals surface area contributed by atoms with Crippen LogP contribution in [0.5, 0.6) is 0 Å². The summed E-state index contributed by atoms with van der Waals surface area (Å²) in [5.41, 5.74) is 5.44. The third kappa shape index (κ3) is 5.83. The van der Waals surface area contributed by atoms with Gasteiger partial charge in [-0.05, 0) is 57.0 Å². The first-order chi connectivity index (χ1) is 18.7. The van der Waals surface area contributed by atoms with Crippen molar-refractivity contribution in [3.8, 4) is 17.3 Å². The molecular weight excluding hydrogens is 512 g/mol. The monoisotopic (exact) mass is 542 g/mol.